The third-order valence-electron chi connectivity index (χ3n) is 2.86. The summed E-state index contributed by atoms with van der Waals surface area (Å²) < 4.78 is 5.72. The van der Waals surface area contributed by atoms with E-state index >= 15 is 0 Å². The molecule has 0 radical (unpaired) electrons. The monoisotopic (exact) mass is 292 g/mol. The smallest absolute Gasteiger partial charge is 0.281 e. The maximum absolute atomic E-state index is 9.80. The largest absolute Gasteiger partial charge is 0.503 e. The van der Waals surface area contributed by atoms with Crippen molar-refractivity contribution in [3.8, 4) is 17.4 Å². The highest BCUT2D eigenvalue weighted by molar-refractivity contribution is 6.29. The Bertz CT molecular complexity index is 636. The van der Waals surface area contributed by atoms with Gasteiger partial charge in [-0.1, -0.05) is 44.5 Å². The van der Waals surface area contributed by atoms with Crippen LogP contribution < -0.4 is 4.74 Å². The molecule has 0 aliphatic rings. The lowest BCUT2D eigenvalue weighted by Crippen LogP contribution is -2.12. The second-order valence-electron chi connectivity index (χ2n) is 5.71. The highest BCUT2D eigenvalue weighted by Crippen LogP contribution is 2.36. The zero-order valence-corrected chi connectivity index (χ0v) is 12.7. The van der Waals surface area contributed by atoms with Gasteiger partial charge >= 0.3 is 0 Å². The summed E-state index contributed by atoms with van der Waals surface area (Å²) in [5.74, 6) is 0.571. The Morgan fingerprint density at radius 1 is 1.15 bits per heavy atom. The fourth-order valence-electron chi connectivity index (χ4n) is 1.86. The van der Waals surface area contributed by atoms with Gasteiger partial charge in [0.15, 0.2) is 10.9 Å². The summed E-state index contributed by atoms with van der Waals surface area (Å²) in [6.07, 6.45) is 0. The van der Waals surface area contributed by atoms with Gasteiger partial charge in [0.25, 0.3) is 5.88 Å². The van der Waals surface area contributed by atoms with Crippen LogP contribution in [0.5, 0.6) is 17.4 Å². The molecule has 2 aromatic rings. The van der Waals surface area contributed by atoms with Gasteiger partial charge in [0, 0.05) is 11.6 Å². The standard InChI is InChI=1S/C15H17ClN2O2/c1-9-5-6-10(15(2,3)4)12(7-9)20-14-11(19)8-13(16)17-18-14/h5-8H,1-4H3,(H,17,19). The van der Waals surface area contributed by atoms with E-state index < -0.39 is 0 Å². The molecule has 106 valence electrons. The molecule has 0 spiro atoms. The maximum atomic E-state index is 9.80. The second-order valence-corrected chi connectivity index (χ2v) is 6.10. The molecule has 1 N–H and O–H groups in total. The summed E-state index contributed by atoms with van der Waals surface area (Å²) in [5.41, 5.74) is 2.01. The van der Waals surface area contributed by atoms with Crippen molar-refractivity contribution in [1.29, 1.82) is 0 Å². The van der Waals surface area contributed by atoms with Crippen LogP contribution in [0.4, 0.5) is 0 Å². The lowest BCUT2D eigenvalue weighted by molar-refractivity contribution is 0.383. The Morgan fingerprint density at radius 3 is 2.45 bits per heavy atom. The van der Waals surface area contributed by atoms with Crippen molar-refractivity contribution < 1.29 is 9.84 Å². The number of halogens is 1. The number of ether oxygens (including phenoxy) is 1. The van der Waals surface area contributed by atoms with E-state index in [1.807, 2.05) is 25.1 Å². The molecule has 0 aliphatic carbocycles. The number of aromatic nitrogens is 2. The van der Waals surface area contributed by atoms with E-state index in [9.17, 15) is 5.11 Å². The second kappa shape index (κ2) is 5.29. The van der Waals surface area contributed by atoms with Crippen LogP contribution in [0, 0.1) is 6.92 Å². The Labute approximate surface area is 123 Å². The van der Waals surface area contributed by atoms with E-state index in [-0.39, 0.29) is 22.2 Å². The van der Waals surface area contributed by atoms with Crippen molar-refractivity contribution in [3.05, 3.63) is 40.5 Å². The first kappa shape index (κ1) is 14.6. The molecule has 0 saturated carbocycles. The van der Waals surface area contributed by atoms with Crippen LogP contribution in [0.1, 0.15) is 31.9 Å². The summed E-state index contributed by atoms with van der Waals surface area (Å²) in [6.45, 7) is 8.26. The van der Waals surface area contributed by atoms with Crippen LogP contribution in [0.3, 0.4) is 0 Å². The molecule has 0 bridgehead atoms. The minimum Gasteiger partial charge on any atom is -0.503 e. The van der Waals surface area contributed by atoms with Gasteiger partial charge in [0.1, 0.15) is 5.75 Å². The van der Waals surface area contributed by atoms with Gasteiger partial charge in [-0.05, 0) is 24.0 Å². The van der Waals surface area contributed by atoms with Crippen LogP contribution in [-0.4, -0.2) is 15.3 Å². The van der Waals surface area contributed by atoms with Crippen molar-refractivity contribution in [2.45, 2.75) is 33.1 Å². The fraction of sp³-hybridized carbons (Fsp3) is 0.333. The van der Waals surface area contributed by atoms with Crippen LogP contribution in [0.15, 0.2) is 24.3 Å². The number of rotatable bonds is 2. The molecule has 2 rings (SSSR count). The Morgan fingerprint density at radius 2 is 1.85 bits per heavy atom. The summed E-state index contributed by atoms with van der Waals surface area (Å²) in [7, 11) is 0. The van der Waals surface area contributed by atoms with Crippen LogP contribution in [-0.2, 0) is 5.41 Å². The van der Waals surface area contributed by atoms with E-state index in [1.165, 1.54) is 6.07 Å². The molecule has 4 nitrogen and oxygen atoms in total. The molecule has 1 aromatic heterocycles. The number of aromatic hydroxyl groups is 1. The molecular formula is C15H17ClN2O2. The maximum Gasteiger partial charge on any atom is 0.281 e. The molecule has 1 aromatic carbocycles. The third-order valence-corrected chi connectivity index (χ3v) is 3.05. The van der Waals surface area contributed by atoms with Gasteiger partial charge in [-0.25, -0.2) is 0 Å². The first-order chi connectivity index (χ1) is 9.27. The highest BCUT2D eigenvalue weighted by Gasteiger charge is 2.20. The predicted octanol–water partition coefficient (Wildman–Crippen LogP) is 4.23. The third kappa shape index (κ3) is 3.20. The van der Waals surface area contributed by atoms with E-state index in [1.54, 1.807) is 0 Å². The first-order valence-corrected chi connectivity index (χ1v) is 6.66. The Balaban J connectivity index is 2.45. The van der Waals surface area contributed by atoms with Crippen LogP contribution in [0.25, 0.3) is 0 Å². The molecule has 0 saturated heterocycles. The number of hydrogen-bond donors (Lipinski definition) is 1. The lowest BCUT2D eigenvalue weighted by atomic mass is 9.86. The highest BCUT2D eigenvalue weighted by atomic mass is 35.5. The predicted molar refractivity (Wildman–Crippen MR) is 78.7 cm³/mol. The molecule has 5 heteroatoms. The van der Waals surface area contributed by atoms with Gasteiger partial charge in [-0.3, -0.25) is 0 Å². The minimum atomic E-state index is -0.133. The average molecular weight is 293 g/mol. The van der Waals surface area contributed by atoms with E-state index in [2.05, 4.69) is 31.0 Å². The van der Waals surface area contributed by atoms with Gasteiger partial charge in [-0.2, -0.15) is 0 Å². The molecule has 1 heterocycles. The topological polar surface area (TPSA) is 55.2 Å². The van der Waals surface area contributed by atoms with Crippen molar-refractivity contribution in [2.24, 2.45) is 0 Å². The molecule has 0 atom stereocenters. The summed E-state index contributed by atoms with van der Waals surface area (Å²) in [4.78, 5) is 0. The lowest BCUT2D eigenvalue weighted by Gasteiger charge is -2.22. The zero-order valence-electron chi connectivity index (χ0n) is 11.9. The molecule has 0 aliphatic heterocycles. The van der Waals surface area contributed by atoms with Crippen LogP contribution >= 0.6 is 11.6 Å². The van der Waals surface area contributed by atoms with Gasteiger partial charge in [0.05, 0.1) is 0 Å². The first-order valence-electron chi connectivity index (χ1n) is 6.28. The van der Waals surface area contributed by atoms with Crippen LogP contribution in [0.2, 0.25) is 5.15 Å². The Kier molecular flexibility index (Phi) is 3.86. The fourth-order valence-corrected chi connectivity index (χ4v) is 2.00. The molecule has 0 amide bonds. The van der Waals surface area contributed by atoms with Gasteiger partial charge in [0.2, 0.25) is 0 Å². The van der Waals surface area contributed by atoms with E-state index in [0.717, 1.165) is 11.1 Å². The number of nitrogens with zero attached hydrogens (tertiary/aromatic N) is 2. The molecule has 0 fully saturated rings. The summed E-state index contributed by atoms with van der Waals surface area (Å²) >= 11 is 5.66. The average Bonchev–Trinajstić information content (AvgIpc) is 2.31. The summed E-state index contributed by atoms with van der Waals surface area (Å²) in [6, 6.07) is 7.26. The number of aryl methyl sites for hydroxylation is 1. The summed E-state index contributed by atoms with van der Waals surface area (Å²) in [5, 5.41) is 17.4. The zero-order chi connectivity index (χ0) is 14.9. The molecular weight excluding hydrogens is 276 g/mol. The molecule has 20 heavy (non-hydrogen) atoms. The van der Waals surface area contributed by atoms with Crippen molar-refractivity contribution in [2.75, 3.05) is 0 Å². The van der Waals surface area contributed by atoms with Crippen molar-refractivity contribution in [1.82, 2.24) is 10.2 Å². The van der Waals surface area contributed by atoms with Gasteiger partial charge in [-0.15, -0.1) is 10.2 Å². The van der Waals surface area contributed by atoms with E-state index in [4.69, 9.17) is 16.3 Å². The van der Waals surface area contributed by atoms with Crippen molar-refractivity contribution >= 4 is 11.6 Å². The quantitative estimate of drug-likeness (QED) is 0.900. The number of benzene rings is 1. The van der Waals surface area contributed by atoms with Crippen molar-refractivity contribution in [3.63, 3.8) is 0 Å². The molecule has 0 unspecified atom stereocenters. The number of hydrogen-bond acceptors (Lipinski definition) is 4. The minimum absolute atomic E-state index is 0.0468. The normalized spacial score (nSPS) is 11.4. The van der Waals surface area contributed by atoms with E-state index in [0.29, 0.717) is 5.75 Å². The van der Waals surface area contributed by atoms with Gasteiger partial charge < -0.3 is 9.84 Å². The Hall–Kier alpha value is -1.81. The SMILES string of the molecule is Cc1ccc(C(C)(C)C)c(Oc2nnc(Cl)cc2O)c1.